The maximum absolute atomic E-state index is 12.6. The first-order valence-corrected chi connectivity index (χ1v) is 9.29. The van der Waals surface area contributed by atoms with Gasteiger partial charge in [0.2, 0.25) is 0 Å². The third kappa shape index (κ3) is 4.06. The standard InChI is InChI=1S/C21H19N5O3/c27-21(17-6-8-18(9-7-17)26(28)29)25-14-12-24(13-15-25)20-11-10-19(22-23-20)16-4-2-1-3-5-16/h1-11H,12-15H2. The van der Waals surface area contributed by atoms with Crippen LogP contribution in [0.25, 0.3) is 11.3 Å². The normalized spacial score (nSPS) is 13.9. The second-order valence-corrected chi connectivity index (χ2v) is 6.73. The molecule has 0 atom stereocenters. The SMILES string of the molecule is O=C(c1ccc([N+](=O)[O-])cc1)N1CCN(c2ccc(-c3ccccc3)nn2)CC1. The van der Waals surface area contributed by atoms with Gasteiger partial charge in [-0.15, -0.1) is 10.2 Å². The van der Waals surface area contributed by atoms with E-state index in [1.54, 1.807) is 4.90 Å². The molecule has 1 amide bonds. The topological polar surface area (TPSA) is 92.5 Å². The molecule has 29 heavy (non-hydrogen) atoms. The van der Waals surface area contributed by atoms with Gasteiger partial charge in [-0.3, -0.25) is 14.9 Å². The van der Waals surface area contributed by atoms with Crippen LogP contribution in [-0.2, 0) is 0 Å². The Morgan fingerprint density at radius 2 is 1.55 bits per heavy atom. The number of benzene rings is 2. The van der Waals surface area contributed by atoms with Crippen molar-refractivity contribution < 1.29 is 9.72 Å². The van der Waals surface area contributed by atoms with Gasteiger partial charge in [-0.1, -0.05) is 30.3 Å². The Balaban J connectivity index is 1.37. The van der Waals surface area contributed by atoms with Gasteiger partial charge in [-0.05, 0) is 24.3 Å². The fourth-order valence-corrected chi connectivity index (χ4v) is 3.30. The van der Waals surface area contributed by atoms with E-state index in [1.807, 2.05) is 42.5 Å². The van der Waals surface area contributed by atoms with Crippen molar-refractivity contribution in [2.75, 3.05) is 31.1 Å². The van der Waals surface area contributed by atoms with Crippen molar-refractivity contribution in [3.63, 3.8) is 0 Å². The van der Waals surface area contributed by atoms with Crippen molar-refractivity contribution in [2.45, 2.75) is 0 Å². The number of hydrogen-bond donors (Lipinski definition) is 0. The third-order valence-electron chi connectivity index (χ3n) is 4.94. The molecule has 0 unspecified atom stereocenters. The molecule has 0 aliphatic carbocycles. The molecule has 1 saturated heterocycles. The molecule has 3 aromatic rings. The lowest BCUT2D eigenvalue weighted by Crippen LogP contribution is -2.49. The van der Waals surface area contributed by atoms with Crippen LogP contribution in [0.1, 0.15) is 10.4 Å². The molecule has 0 radical (unpaired) electrons. The summed E-state index contributed by atoms with van der Waals surface area (Å²) in [6.07, 6.45) is 0. The van der Waals surface area contributed by atoms with E-state index < -0.39 is 4.92 Å². The van der Waals surface area contributed by atoms with Crippen molar-refractivity contribution in [1.82, 2.24) is 15.1 Å². The Morgan fingerprint density at radius 3 is 2.14 bits per heavy atom. The molecule has 2 heterocycles. The van der Waals surface area contributed by atoms with E-state index in [-0.39, 0.29) is 11.6 Å². The molecule has 2 aromatic carbocycles. The predicted molar refractivity (Wildman–Crippen MR) is 109 cm³/mol. The summed E-state index contributed by atoms with van der Waals surface area (Å²) < 4.78 is 0. The van der Waals surface area contributed by atoms with E-state index in [1.165, 1.54) is 24.3 Å². The van der Waals surface area contributed by atoms with Crippen LogP contribution in [0, 0.1) is 10.1 Å². The van der Waals surface area contributed by atoms with Gasteiger partial charge in [0.25, 0.3) is 11.6 Å². The fraction of sp³-hybridized carbons (Fsp3) is 0.190. The van der Waals surface area contributed by atoms with Gasteiger partial charge in [0.15, 0.2) is 5.82 Å². The fourth-order valence-electron chi connectivity index (χ4n) is 3.30. The lowest BCUT2D eigenvalue weighted by Gasteiger charge is -2.35. The minimum Gasteiger partial charge on any atom is -0.352 e. The average Bonchev–Trinajstić information content (AvgIpc) is 2.79. The highest BCUT2D eigenvalue weighted by atomic mass is 16.6. The van der Waals surface area contributed by atoms with Crippen LogP contribution >= 0.6 is 0 Å². The van der Waals surface area contributed by atoms with Crippen LogP contribution in [0.5, 0.6) is 0 Å². The zero-order valence-corrected chi connectivity index (χ0v) is 15.6. The molecule has 8 nitrogen and oxygen atoms in total. The number of nitro benzene ring substituents is 1. The molecule has 1 aliphatic heterocycles. The largest absolute Gasteiger partial charge is 0.352 e. The van der Waals surface area contributed by atoms with E-state index in [0.29, 0.717) is 31.7 Å². The van der Waals surface area contributed by atoms with Crippen molar-refractivity contribution >= 4 is 17.4 Å². The van der Waals surface area contributed by atoms with E-state index in [2.05, 4.69) is 15.1 Å². The first-order valence-electron chi connectivity index (χ1n) is 9.29. The van der Waals surface area contributed by atoms with Gasteiger partial charge in [0, 0.05) is 49.4 Å². The highest BCUT2D eigenvalue weighted by Gasteiger charge is 2.23. The smallest absolute Gasteiger partial charge is 0.269 e. The summed E-state index contributed by atoms with van der Waals surface area (Å²) in [5.41, 5.74) is 2.27. The summed E-state index contributed by atoms with van der Waals surface area (Å²) >= 11 is 0. The van der Waals surface area contributed by atoms with Crippen LogP contribution < -0.4 is 4.90 Å². The molecule has 146 valence electrons. The second-order valence-electron chi connectivity index (χ2n) is 6.73. The summed E-state index contributed by atoms with van der Waals surface area (Å²) in [6, 6.07) is 19.5. The Morgan fingerprint density at radius 1 is 0.862 bits per heavy atom. The van der Waals surface area contributed by atoms with Gasteiger partial charge in [0.1, 0.15) is 0 Å². The number of amides is 1. The van der Waals surface area contributed by atoms with Gasteiger partial charge in [0.05, 0.1) is 10.6 Å². The molecule has 0 N–H and O–H groups in total. The van der Waals surface area contributed by atoms with E-state index in [0.717, 1.165) is 17.1 Å². The highest BCUT2D eigenvalue weighted by Crippen LogP contribution is 2.20. The third-order valence-corrected chi connectivity index (χ3v) is 4.94. The van der Waals surface area contributed by atoms with E-state index >= 15 is 0 Å². The summed E-state index contributed by atoms with van der Waals surface area (Å²) in [7, 11) is 0. The number of nitro groups is 1. The monoisotopic (exact) mass is 389 g/mol. The molecule has 0 saturated carbocycles. The molecule has 8 heteroatoms. The number of rotatable bonds is 4. The summed E-state index contributed by atoms with van der Waals surface area (Å²) in [6.45, 7) is 2.41. The summed E-state index contributed by atoms with van der Waals surface area (Å²) in [5.74, 6) is 0.664. The Bertz CT molecular complexity index is 999. The molecule has 1 fully saturated rings. The number of aromatic nitrogens is 2. The number of hydrogen-bond acceptors (Lipinski definition) is 6. The van der Waals surface area contributed by atoms with Gasteiger partial charge >= 0.3 is 0 Å². The molecule has 4 rings (SSSR count). The Hall–Kier alpha value is -3.81. The van der Waals surface area contributed by atoms with Crippen molar-refractivity contribution in [3.8, 4) is 11.3 Å². The van der Waals surface area contributed by atoms with Crippen molar-refractivity contribution in [2.24, 2.45) is 0 Å². The minimum atomic E-state index is -0.475. The first kappa shape index (κ1) is 18.5. The van der Waals surface area contributed by atoms with Gasteiger partial charge < -0.3 is 9.80 Å². The molecular formula is C21H19N5O3. The Labute approximate surface area is 167 Å². The van der Waals surface area contributed by atoms with Crippen LogP contribution in [0.4, 0.5) is 11.5 Å². The van der Waals surface area contributed by atoms with Crippen LogP contribution in [0.3, 0.4) is 0 Å². The number of carbonyl (C=O) groups is 1. The van der Waals surface area contributed by atoms with E-state index in [4.69, 9.17) is 0 Å². The molecule has 0 spiro atoms. The number of piperazine rings is 1. The van der Waals surface area contributed by atoms with Crippen LogP contribution in [0.2, 0.25) is 0 Å². The zero-order chi connectivity index (χ0) is 20.2. The molecular weight excluding hydrogens is 370 g/mol. The number of anilines is 1. The molecule has 1 aromatic heterocycles. The predicted octanol–water partition coefficient (Wildman–Crippen LogP) is 3.01. The van der Waals surface area contributed by atoms with Crippen molar-refractivity contribution in [1.29, 1.82) is 0 Å². The first-order chi connectivity index (χ1) is 14.1. The summed E-state index contributed by atoms with van der Waals surface area (Å²) in [5, 5.41) is 19.4. The zero-order valence-electron chi connectivity index (χ0n) is 15.6. The molecule has 1 aliphatic rings. The van der Waals surface area contributed by atoms with E-state index in [9.17, 15) is 14.9 Å². The lowest BCUT2D eigenvalue weighted by atomic mass is 10.1. The van der Waals surface area contributed by atoms with Gasteiger partial charge in [-0.25, -0.2) is 0 Å². The highest BCUT2D eigenvalue weighted by molar-refractivity contribution is 5.94. The second kappa shape index (κ2) is 8.05. The number of nitrogens with zero attached hydrogens (tertiary/aromatic N) is 5. The minimum absolute atomic E-state index is 0.0242. The number of carbonyl (C=O) groups excluding carboxylic acids is 1. The summed E-state index contributed by atoms with van der Waals surface area (Å²) in [4.78, 5) is 26.8. The van der Waals surface area contributed by atoms with Crippen molar-refractivity contribution in [3.05, 3.63) is 82.4 Å². The van der Waals surface area contributed by atoms with Gasteiger partial charge in [-0.2, -0.15) is 0 Å². The molecule has 0 bridgehead atoms. The quantitative estimate of drug-likeness (QED) is 0.503. The number of non-ortho nitro benzene ring substituents is 1. The van der Waals surface area contributed by atoms with Crippen LogP contribution in [-0.4, -0.2) is 52.1 Å². The lowest BCUT2D eigenvalue weighted by molar-refractivity contribution is -0.384. The maximum Gasteiger partial charge on any atom is 0.269 e. The Kier molecular flexibility index (Phi) is 5.15. The average molecular weight is 389 g/mol. The van der Waals surface area contributed by atoms with Crippen LogP contribution in [0.15, 0.2) is 66.7 Å². The maximum atomic E-state index is 12.6.